The molecule has 0 aliphatic carbocycles. The summed E-state index contributed by atoms with van der Waals surface area (Å²) in [5.41, 5.74) is 2.28. The summed E-state index contributed by atoms with van der Waals surface area (Å²) < 4.78 is 12.6. The lowest BCUT2D eigenvalue weighted by atomic mass is 10.1. The molecule has 0 bridgehead atoms. The van der Waals surface area contributed by atoms with E-state index in [1.54, 1.807) is 17.3 Å². The lowest BCUT2D eigenvalue weighted by molar-refractivity contribution is 0.0138. The van der Waals surface area contributed by atoms with E-state index in [1.807, 2.05) is 39.8 Å². The van der Waals surface area contributed by atoms with Crippen molar-refractivity contribution in [1.82, 2.24) is 35.1 Å². The standard InChI is InChI=1S/C28H31ClN8O4S/c1-15-11-30-22-20-18(42-23(22)24(38)33-15)6-5-17-21(20)31-13-19(34-17)40-25-16(12-32-26(29)35-25)14-36-7-9-37(10-8-36)27(39)41-28(2,3)4/h5-6,12-13,15,30H,7-11,14H2,1-4H3,(H,33,38)/t15-/m1/s1. The second-order valence-corrected chi connectivity index (χ2v) is 12.8. The van der Waals surface area contributed by atoms with Crippen molar-refractivity contribution in [2.45, 2.75) is 45.9 Å². The zero-order valence-corrected chi connectivity index (χ0v) is 25.3. The summed E-state index contributed by atoms with van der Waals surface area (Å²) in [5, 5.41) is 7.33. The van der Waals surface area contributed by atoms with Crippen molar-refractivity contribution >= 4 is 61.7 Å². The summed E-state index contributed by atoms with van der Waals surface area (Å²) in [6.07, 6.45) is 2.88. The molecule has 1 aromatic carbocycles. The van der Waals surface area contributed by atoms with Gasteiger partial charge in [-0.25, -0.2) is 19.7 Å². The van der Waals surface area contributed by atoms with E-state index in [0.717, 1.165) is 21.3 Å². The second kappa shape index (κ2) is 11.1. The summed E-state index contributed by atoms with van der Waals surface area (Å²) in [5.74, 6) is 0.452. The molecule has 12 nitrogen and oxygen atoms in total. The highest BCUT2D eigenvalue weighted by Crippen LogP contribution is 2.40. The number of anilines is 1. The third kappa shape index (κ3) is 5.90. The Morgan fingerprint density at radius 2 is 1.93 bits per heavy atom. The van der Waals surface area contributed by atoms with Crippen LogP contribution in [0.1, 0.15) is 42.9 Å². The van der Waals surface area contributed by atoms with Gasteiger partial charge in [-0.3, -0.25) is 9.69 Å². The molecular formula is C28H31ClN8O4S. The van der Waals surface area contributed by atoms with Crippen LogP contribution in [0.2, 0.25) is 5.28 Å². The molecule has 0 unspecified atom stereocenters. The largest absolute Gasteiger partial charge is 0.444 e. The number of carbonyl (C=O) groups excluding carboxylic acids is 2. The maximum atomic E-state index is 12.7. The van der Waals surface area contributed by atoms with Gasteiger partial charge in [-0.05, 0) is 51.4 Å². The predicted molar refractivity (Wildman–Crippen MR) is 161 cm³/mol. The van der Waals surface area contributed by atoms with E-state index < -0.39 is 5.60 Å². The van der Waals surface area contributed by atoms with E-state index >= 15 is 0 Å². The van der Waals surface area contributed by atoms with Gasteiger partial charge < -0.3 is 25.0 Å². The minimum Gasteiger partial charge on any atom is -0.444 e. The number of amides is 2. The number of hydrogen-bond donors (Lipinski definition) is 2. The van der Waals surface area contributed by atoms with Gasteiger partial charge in [-0.2, -0.15) is 4.98 Å². The van der Waals surface area contributed by atoms with Crippen LogP contribution >= 0.6 is 22.9 Å². The summed E-state index contributed by atoms with van der Waals surface area (Å²) in [6, 6.07) is 3.82. The molecule has 6 rings (SSSR count). The lowest BCUT2D eigenvalue weighted by Gasteiger charge is -2.35. The van der Waals surface area contributed by atoms with Crippen molar-refractivity contribution in [2.24, 2.45) is 0 Å². The summed E-state index contributed by atoms with van der Waals surface area (Å²) in [7, 11) is 0. The van der Waals surface area contributed by atoms with E-state index in [0.29, 0.717) is 55.2 Å². The molecule has 0 saturated carbocycles. The van der Waals surface area contributed by atoms with Crippen LogP contribution in [0.25, 0.3) is 21.1 Å². The quantitative estimate of drug-likeness (QED) is 0.314. The van der Waals surface area contributed by atoms with Crippen LogP contribution in [0.4, 0.5) is 10.5 Å². The molecule has 1 fully saturated rings. The number of fused-ring (bicyclic) bond motifs is 5. The highest BCUT2D eigenvalue weighted by atomic mass is 35.5. The molecule has 42 heavy (non-hydrogen) atoms. The van der Waals surface area contributed by atoms with Crippen molar-refractivity contribution < 1.29 is 19.1 Å². The van der Waals surface area contributed by atoms with Crippen molar-refractivity contribution in [3.63, 3.8) is 0 Å². The predicted octanol–water partition coefficient (Wildman–Crippen LogP) is 4.68. The fraction of sp³-hybridized carbons (Fsp3) is 0.429. The van der Waals surface area contributed by atoms with Crippen LogP contribution in [0.5, 0.6) is 11.8 Å². The van der Waals surface area contributed by atoms with Crippen LogP contribution in [-0.2, 0) is 11.3 Å². The highest BCUT2D eigenvalue weighted by molar-refractivity contribution is 7.21. The zero-order valence-electron chi connectivity index (χ0n) is 23.7. The Labute approximate surface area is 251 Å². The number of carbonyl (C=O) groups is 2. The lowest BCUT2D eigenvalue weighted by Crippen LogP contribution is -2.49. The van der Waals surface area contributed by atoms with E-state index in [9.17, 15) is 9.59 Å². The summed E-state index contributed by atoms with van der Waals surface area (Å²) >= 11 is 7.57. The molecule has 220 valence electrons. The molecule has 2 N–H and O–H groups in total. The van der Waals surface area contributed by atoms with Crippen molar-refractivity contribution in [1.29, 1.82) is 0 Å². The summed E-state index contributed by atoms with van der Waals surface area (Å²) in [4.78, 5) is 47.6. The normalized spacial score (nSPS) is 17.9. The average Bonchev–Trinajstić information content (AvgIpc) is 3.25. The number of ether oxygens (including phenoxy) is 2. The van der Waals surface area contributed by atoms with Gasteiger partial charge in [-0.15, -0.1) is 11.3 Å². The monoisotopic (exact) mass is 610 g/mol. The van der Waals surface area contributed by atoms with E-state index in [1.165, 1.54) is 11.3 Å². The molecule has 5 heterocycles. The first-order chi connectivity index (χ1) is 20.0. The molecule has 2 amide bonds. The maximum absolute atomic E-state index is 12.7. The smallest absolute Gasteiger partial charge is 0.410 e. The number of thiophene rings is 1. The zero-order chi connectivity index (χ0) is 29.6. The van der Waals surface area contributed by atoms with Gasteiger partial charge in [0.15, 0.2) is 0 Å². The van der Waals surface area contributed by atoms with E-state index in [-0.39, 0.29) is 35.1 Å². The summed E-state index contributed by atoms with van der Waals surface area (Å²) in [6.45, 7) is 11.1. The number of aromatic nitrogens is 4. The Bertz CT molecular complexity index is 1680. The van der Waals surface area contributed by atoms with Crippen molar-refractivity contribution in [3.05, 3.63) is 40.3 Å². The third-order valence-electron chi connectivity index (χ3n) is 6.93. The fourth-order valence-corrected chi connectivity index (χ4v) is 6.16. The number of piperazine rings is 1. The van der Waals surface area contributed by atoms with Crippen LogP contribution < -0.4 is 15.4 Å². The van der Waals surface area contributed by atoms with Gasteiger partial charge >= 0.3 is 6.09 Å². The first-order valence-electron chi connectivity index (χ1n) is 13.7. The number of nitrogens with one attached hydrogen (secondary N) is 2. The molecule has 1 atom stereocenters. The molecule has 2 aliphatic heterocycles. The third-order valence-corrected chi connectivity index (χ3v) is 8.26. The Balaban J connectivity index is 1.21. The van der Waals surface area contributed by atoms with Crippen LogP contribution in [0, 0.1) is 0 Å². The number of benzene rings is 1. The Morgan fingerprint density at radius 1 is 1.14 bits per heavy atom. The number of halogens is 1. The van der Waals surface area contributed by atoms with E-state index in [2.05, 4.69) is 30.5 Å². The number of hydrogen-bond acceptors (Lipinski definition) is 11. The molecule has 2 aliphatic rings. The van der Waals surface area contributed by atoms with Crippen LogP contribution in [0.15, 0.2) is 24.5 Å². The van der Waals surface area contributed by atoms with E-state index in [4.69, 9.17) is 26.1 Å². The fourth-order valence-electron chi connectivity index (χ4n) is 4.95. The SMILES string of the molecule is C[C@@H]1CNc2c(sc3ccc4nc(Oc5nc(Cl)ncc5CN5CCN(C(=O)OC(C)(C)C)CC5)cnc4c23)C(=O)N1. The second-order valence-electron chi connectivity index (χ2n) is 11.4. The van der Waals surface area contributed by atoms with Crippen LogP contribution in [-0.4, -0.2) is 86.1 Å². The van der Waals surface area contributed by atoms with Gasteiger partial charge in [0.05, 0.1) is 22.9 Å². The Kier molecular flexibility index (Phi) is 7.50. The van der Waals surface area contributed by atoms with Crippen molar-refractivity contribution in [3.8, 4) is 11.8 Å². The number of rotatable bonds is 4. The first kappa shape index (κ1) is 28.3. The first-order valence-corrected chi connectivity index (χ1v) is 14.9. The van der Waals surface area contributed by atoms with Gasteiger partial charge in [-0.1, -0.05) is 0 Å². The Hall–Kier alpha value is -3.81. The molecular weight excluding hydrogens is 580 g/mol. The van der Waals surface area contributed by atoms with Gasteiger partial charge in [0.25, 0.3) is 5.91 Å². The Morgan fingerprint density at radius 3 is 2.69 bits per heavy atom. The molecule has 0 radical (unpaired) electrons. The topological polar surface area (TPSA) is 135 Å². The minimum absolute atomic E-state index is 0.0101. The average molecular weight is 611 g/mol. The van der Waals surface area contributed by atoms with Gasteiger partial charge in [0.1, 0.15) is 10.5 Å². The van der Waals surface area contributed by atoms with Crippen molar-refractivity contribution in [2.75, 3.05) is 38.0 Å². The number of nitrogens with zero attached hydrogens (tertiary/aromatic N) is 6. The maximum Gasteiger partial charge on any atom is 0.410 e. The molecule has 4 aromatic rings. The molecule has 0 spiro atoms. The van der Waals surface area contributed by atoms with Gasteiger partial charge in [0, 0.05) is 67.2 Å². The molecule has 1 saturated heterocycles. The molecule has 3 aromatic heterocycles. The van der Waals surface area contributed by atoms with Crippen LogP contribution in [0.3, 0.4) is 0 Å². The highest BCUT2D eigenvalue weighted by Gasteiger charge is 2.28. The molecule has 14 heteroatoms. The van der Waals surface area contributed by atoms with Gasteiger partial charge in [0.2, 0.25) is 17.0 Å². The minimum atomic E-state index is -0.534.